The Labute approximate surface area is 196 Å². The van der Waals surface area contributed by atoms with Crippen molar-refractivity contribution in [3.63, 3.8) is 0 Å². The molecule has 3 heterocycles. The molecule has 3 aliphatic rings. The number of carbonyl (C=O) groups excluding carboxylic acids is 1. The second kappa shape index (κ2) is 9.30. The van der Waals surface area contributed by atoms with Gasteiger partial charge in [0.05, 0.1) is 31.0 Å². The third kappa shape index (κ3) is 4.84. The number of likely N-dealkylation sites (N-methyl/N-ethyl adjacent to an activating group) is 1. The first-order valence-corrected chi connectivity index (χ1v) is 11.9. The van der Waals surface area contributed by atoms with E-state index in [2.05, 4.69) is 19.8 Å². The van der Waals surface area contributed by atoms with E-state index in [1.807, 2.05) is 11.9 Å². The van der Waals surface area contributed by atoms with Crippen LogP contribution in [0.15, 0.2) is 24.5 Å². The van der Waals surface area contributed by atoms with E-state index in [0.29, 0.717) is 43.8 Å². The number of aromatic nitrogens is 2. The zero-order valence-electron chi connectivity index (χ0n) is 19.3. The number of piperidine rings is 1. The van der Waals surface area contributed by atoms with Gasteiger partial charge in [-0.05, 0) is 43.2 Å². The van der Waals surface area contributed by atoms with Crippen molar-refractivity contribution in [2.24, 2.45) is 11.8 Å². The van der Waals surface area contributed by atoms with E-state index in [1.54, 1.807) is 0 Å². The average Bonchev–Trinajstić information content (AvgIpc) is 3.68. The molecule has 2 atom stereocenters. The van der Waals surface area contributed by atoms with E-state index in [1.165, 1.54) is 31.3 Å². The van der Waals surface area contributed by atoms with E-state index < -0.39 is 11.7 Å². The van der Waals surface area contributed by atoms with Crippen LogP contribution < -0.4 is 4.90 Å². The van der Waals surface area contributed by atoms with E-state index in [4.69, 9.17) is 4.74 Å². The Bertz CT molecular complexity index is 1040. The van der Waals surface area contributed by atoms with Crippen LogP contribution in [0.4, 0.5) is 18.9 Å². The highest BCUT2D eigenvalue weighted by Gasteiger charge is 2.41. The van der Waals surface area contributed by atoms with Crippen molar-refractivity contribution in [1.29, 1.82) is 0 Å². The lowest BCUT2D eigenvalue weighted by Gasteiger charge is -2.43. The first-order valence-electron chi connectivity index (χ1n) is 11.9. The van der Waals surface area contributed by atoms with Gasteiger partial charge in [-0.3, -0.25) is 19.7 Å². The molecule has 2 aliphatic heterocycles. The van der Waals surface area contributed by atoms with Crippen molar-refractivity contribution in [3.05, 3.63) is 30.1 Å². The topological polar surface area (TPSA) is 61.8 Å². The van der Waals surface area contributed by atoms with Gasteiger partial charge in [-0.1, -0.05) is 0 Å². The van der Waals surface area contributed by atoms with Crippen LogP contribution >= 0.6 is 0 Å². The smallest absolute Gasteiger partial charge is 0.379 e. The SMILES string of the molecule is CN(C(=O)CN1CCOCC1)C1CC(C2CC2)CN(c2ccc(C(F)(F)F)c3nccnc23)C1. The number of rotatable bonds is 5. The Morgan fingerprint density at radius 3 is 2.47 bits per heavy atom. The zero-order chi connectivity index (χ0) is 23.9. The monoisotopic (exact) mass is 477 g/mol. The van der Waals surface area contributed by atoms with Gasteiger partial charge in [0.15, 0.2) is 0 Å². The number of halogens is 3. The van der Waals surface area contributed by atoms with E-state index >= 15 is 0 Å². The second-order valence-corrected chi connectivity index (χ2v) is 9.67. The van der Waals surface area contributed by atoms with Crippen LogP contribution in [0.1, 0.15) is 24.8 Å². The van der Waals surface area contributed by atoms with Crippen molar-refractivity contribution in [2.75, 3.05) is 57.9 Å². The van der Waals surface area contributed by atoms with Gasteiger partial charge in [-0.25, -0.2) is 0 Å². The van der Waals surface area contributed by atoms with Gasteiger partial charge in [-0.2, -0.15) is 13.2 Å². The molecule has 2 unspecified atom stereocenters. The van der Waals surface area contributed by atoms with Crippen molar-refractivity contribution < 1.29 is 22.7 Å². The Morgan fingerprint density at radius 2 is 1.79 bits per heavy atom. The fourth-order valence-electron chi connectivity index (χ4n) is 5.29. The van der Waals surface area contributed by atoms with Gasteiger partial charge < -0.3 is 14.5 Å². The molecule has 1 amide bonds. The minimum Gasteiger partial charge on any atom is -0.379 e. The highest BCUT2D eigenvalue weighted by Crippen LogP contribution is 2.44. The Morgan fingerprint density at radius 1 is 1.09 bits per heavy atom. The van der Waals surface area contributed by atoms with Crippen molar-refractivity contribution >= 4 is 22.6 Å². The Balaban J connectivity index is 1.41. The fourth-order valence-corrected chi connectivity index (χ4v) is 5.29. The van der Waals surface area contributed by atoms with Crippen molar-refractivity contribution in [1.82, 2.24) is 19.8 Å². The molecule has 34 heavy (non-hydrogen) atoms. The van der Waals surface area contributed by atoms with Crippen LogP contribution in [0, 0.1) is 11.8 Å². The lowest BCUT2D eigenvalue weighted by atomic mass is 9.89. The summed E-state index contributed by atoms with van der Waals surface area (Å²) in [6.45, 7) is 4.45. The van der Waals surface area contributed by atoms with Gasteiger partial charge in [0.1, 0.15) is 11.0 Å². The lowest BCUT2D eigenvalue weighted by molar-refractivity contribution is -0.136. The molecule has 1 aromatic heterocycles. The van der Waals surface area contributed by atoms with E-state index in [9.17, 15) is 18.0 Å². The molecule has 3 fully saturated rings. The summed E-state index contributed by atoms with van der Waals surface area (Å²) < 4.78 is 46.1. The maximum Gasteiger partial charge on any atom is 0.418 e. The molecule has 1 aromatic carbocycles. The number of hydrogen-bond donors (Lipinski definition) is 0. The summed E-state index contributed by atoms with van der Waals surface area (Å²) >= 11 is 0. The van der Waals surface area contributed by atoms with E-state index in [0.717, 1.165) is 32.1 Å². The number of morpholine rings is 1. The van der Waals surface area contributed by atoms with Gasteiger partial charge in [0, 0.05) is 51.7 Å². The molecule has 0 N–H and O–H groups in total. The average molecular weight is 478 g/mol. The van der Waals surface area contributed by atoms with Gasteiger partial charge in [0.2, 0.25) is 5.91 Å². The Kier molecular flexibility index (Phi) is 6.37. The van der Waals surface area contributed by atoms with Crippen LogP contribution in [0.25, 0.3) is 11.0 Å². The third-order valence-corrected chi connectivity index (χ3v) is 7.40. The lowest BCUT2D eigenvalue weighted by Crippen LogP contribution is -2.54. The minimum atomic E-state index is -4.50. The molecule has 7 nitrogen and oxygen atoms in total. The number of alkyl halides is 3. The molecular weight excluding hydrogens is 447 g/mol. The first kappa shape index (κ1) is 23.3. The highest BCUT2D eigenvalue weighted by molar-refractivity contribution is 5.91. The second-order valence-electron chi connectivity index (χ2n) is 9.67. The van der Waals surface area contributed by atoms with Crippen LogP contribution in [0.3, 0.4) is 0 Å². The summed E-state index contributed by atoms with van der Waals surface area (Å²) in [6, 6.07) is 2.61. The summed E-state index contributed by atoms with van der Waals surface area (Å²) in [7, 11) is 1.85. The maximum atomic E-state index is 13.6. The van der Waals surface area contributed by atoms with Crippen LogP contribution in [-0.4, -0.2) is 84.7 Å². The normalized spacial score (nSPS) is 24.4. The molecule has 2 aromatic rings. The van der Waals surface area contributed by atoms with Gasteiger partial charge in [0.25, 0.3) is 0 Å². The predicted octanol–water partition coefficient (Wildman–Crippen LogP) is 3.04. The van der Waals surface area contributed by atoms with Crippen LogP contribution in [0.2, 0.25) is 0 Å². The molecule has 1 saturated carbocycles. The molecule has 184 valence electrons. The number of fused-ring (bicyclic) bond motifs is 1. The van der Waals surface area contributed by atoms with Crippen LogP contribution in [0.5, 0.6) is 0 Å². The summed E-state index contributed by atoms with van der Waals surface area (Å²) in [5.74, 6) is 1.08. The molecule has 10 heteroatoms. The van der Waals surface area contributed by atoms with Crippen LogP contribution in [-0.2, 0) is 15.7 Å². The summed E-state index contributed by atoms with van der Waals surface area (Å²) in [6.07, 6.45) is 1.49. The molecule has 0 spiro atoms. The van der Waals surface area contributed by atoms with Crippen molar-refractivity contribution in [2.45, 2.75) is 31.5 Å². The number of carbonyl (C=O) groups is 1. The summed E-state index contributed by atoms with van der Waals surface area (Å²) in [5.41, 5.74) is 0.00843. The van der Waals surface area contributed by atoms with Gasteiger partial charge >= 0.3 is 6.18 Å². The number of nitrogens with zero attached hydrogens (tertiary/aromatic N) is 5. The highest BCUT2D eigenvalue weighted by atomic mass is 19.4. The maximum absolute atomic E-state index is 13.6. The largest absolute Gasteiger partial charge is 0.418 e. The third-order valence-electron chi connectivity index (χ3n) is 7.40. The number of amides is 1. The first-order chi connectivity index (χ1) is 16.3. The molecule has 0 radical (unpaired) electrons. The standard InChI is InChI=1S/C24H30F3N5O2/c1-30(21(33)15-31-8-10-34-11-9-31)18-12-17(16-2-3-16)13-32(14-18)20-5-4-19(24(25,26)27)22-23(20)29-7-6-28-22/h4-7,16-18H,2-3,8-15H2,1H3. The fraction of sp³-hybridized carbons (Fsp3) is 0.625. The Hall–Kier alpha value is -2.46. The number of anilines is 1. The van der Waals surface area contributed by atoms with Crippen molar-refractivity contribution in [3.8, 4) is 0 Å². The molecular formula is C24H30F3N5O2. The minimum absolute atomic E-state index is 0.0121. The molecule has 1 aliphatic carbocycles. The quantitative estimate of drug-likeness (QED) is 0.660. The summed E-state index contributed by atoms with van der Waals surface area (Å²) in [4.78, 5) is 27.5. The van der Waals surface area contributed by atoms with Gasteiger partial charge in [-0.15, -0.1) is 0 Å². The number of ether oxygens (including phenoxy) is 1. The zero-order valence-corrected chi connectivity index (χ0v) is 19.3. The molecule has 2 saturated heterocycles. The summed E-state index contributed by atoms with van der Waals surface area (Å²) in [5, 5.41) is 0. The number of benzene rings is 1. The van der Waals surface area contributed by atoms with E-state index in [-0.39, 0.29) is 23.0 Å². The number of hydrogen-bond acceptors (Lipinski definition) is 6. The molecule has 5 rings (SSSR count). The molecule has 0 bridgehead atoms. The predicted molar refractivity (Wildman–Crippen MR) is 121 cm³/mol.